The van der Waals surface area contributed by atoms with Gasteiger partial charge in [0.2, 0.25) is 11.8 Å². The molecule has 38 heavy (non-hydrogen) atoms. The molecule has 0 saturated carbocycles. The number of unbranched alkanes of at least 4 members (excludes halogenated alkanes) is 2. The van der Waals surface area contributed by atoms with E-state index in [1.165, 1.54) is 24.3 Å². The van der Waals surface area contributed by atoms with E-state index in [1.807, 2.05) is 4.57 Å². The molecule has 0 fully saturated rings. The largest absolute Gasteiger partial charge is 0.505 e. The van der Waals surface area contributed by atoms with Crippen molar-refractivity contribution in [3.63, 3.8) is 0 Å². The summed E-state index contributed by atoms with van der Waals surface area (Å²) < 4.78 is 40.5. The average molecular weight is 566 g/mol. The van der Waals surface area contributed by atoms with Gasteiger partial charge < -0.3 is 24.6 Å². The summed E-state index contributed by atoms with van der Waals surface area (Å²) in [6, 6.07) is 8.29. The Morgan fingerprint density at radius 2 is 1.68 bits per heavy atom. The Kier molecular flexibility index (Phi) is 7.62. The van der Waals surface area contributed by atoms with Crippen LogP contribution >= 0.6 is 11.6 Å². The molecule has 3 heterocycles. The van der Waals surface area contributed by atoms with E-state index in [4.69, 9.17) is 20.9 Å². The number of hydrogen-bond donors (Lipinski definition) is 4. The van der Waals surface area contributed by atoms with Crippen molar-refractivity contribution in [3.05, 3.63) is 64.2 Å². The molecule has 0 spiro atoms. The molecule has 4 N–H and O–H groups in total. The number of nitrogens with zero attached hydrogens (tertiary/aromatic N) is 2. The first kappa shape index (κ1) is 27.0. The number of carbonyl (C=O) groups excluding carboxylic acids is 1. The van der Waals surface area contributed by atoms with E-state index in [0.29, 0.717) is 29.7 Å². The van der Waals surface area contributed by atoms with Gasteiger partial charge in [0, 0.05) is 48.1 Å². The summed E-state index contributed by atoms with van der Waals surface area (Å²) in [6.45, 7) is 0.618. The lowest BCUT2D eigenvalue weighted by Gasteiger charge is -2.08. The molecule has 12 nitrogen and oxygen atoms in total. The SMILES string of the molecule is O=C(CCCCC[n+]1ccc(-c2cc3cc(Cl)c(O)c(S(=O)(=O)O)c3oc2=O)cc1)On1c(O)ccc1O. The van der Waals surface area contributed by atoms with Gasteiger partial charge in [-0.2, -0.15) is 8.42 Å². The lowest BCUT2D eigenvalue weighted by Crippen LogP contribution is -2.32. The zero-order valence-electron chi connectivity index (χ0n) is 19.6. The number of aromatic nitrogens is 2. The zero-order valence-corrected chi connectivity index (χ0v) is 21.1. The maximum atomic E-state index is 12.6. The van der Waals surface area contributed by atoms with Gasteiger partial charge in [0.1, 0.15) is 6.54 Å². The van der Waals surface area contributed by atoms with Gasteiger partial charge in [-0.3, -0.25) is 4.55 Å². The Morgan fingerprint density at radius 3 is 2.32 bits per heavy atom. The third-order valence-electron chi connectivity index (χ3n) is 5.65. The molecule has 0 bridgehead atoms. The predicted molar refractivity (Wildman–Crippen MR) is 132 cm³/mol. The summed E-state index contributed by atoms with van der Waals surface area (Å²) in [5.41, 5.74) is -0.796. The van der Waals surface area contributed by atoms with Crippen molar-refractivity contribution in [2.45, 2.75) is 37.1 Å². The highest BCUT2D eigenvalue weighted by Gasteiger charge is 2.25. The van der Waals surface area contributed by atoms with E-state index < -0.39 is 37.9 Å². The molecule has 0 aliphatic carbocycles. The van der Waals surface area contributed by atoms with Crippen molar-refractivity contribution in [2.75, 3.05) is 0 Å². The van der Waals surface area contributed by atoms with Crippen LogP contribution < -0.4 is 15.0 Å². The molecule has 200 valence electrons. The van der Waals surface area contributed by atoms with Gasteiger partial charge in [0.15, 0.2) is 28.6 Å². The van der Waals surface area contributed by atoms with Crippen LogP contribution in [0.25, 0.3) is 22.1 Å². The third kappa shape index (κ3) is 5.74. The first-order valence-corrected chi connectivity index (χ1v) is 13.0. The van der Waals surface area contributed by atoms with Crippen LogP contribution in [-0.4, -0.2) is 39.0 Å². The first-order chi connectivity index (χ1) is 18.0. The Morgan fingerprint density at radius 1 is 1.03 bits per heavy atom. The molecular formula is C24H22ClN2O10S+. The maximum Gasteiger partial charge on any atom is 0.344 e. The summed E-state index contributed by atoms with van der Waals surface area (Å²) in [7, 11) is -4.93. The van der Waals surface area contributed by atoms with E-state index >= 15 is 0 Å². The number of phenolic OH excluding ortho intramolecular Hbond substituents is 1. The zero-order chi connectivity index (χ0) is 27.6. The normalized spacial score (nSPS) is 11.6. The van der Waals surface area contributed by atoms with Crippen molar-refractivity contribution < 1.29 is 46.9 Å². The van der Waals surface area contributed by atoms with Crippen molar-refractivity contribution in [1.82, 2.24) is 4.73 Å². The lowest BCUT2D eigenvalue weighted by molar-refractivity contribution is -0.697. The Hall–Kier alpha value is -4.07. The fourth-order valence-corrected chi connectivity index (χ4v) is 4.82. The summed E-state index contributed by atoms with van der Waals surface area (Å²) in [5, 5.41) is 28.7. The molecule has 1 aromatic carbocycles. The highest BCUT2D eigenvalue weighted by atomic mass is 35.5. The van der Waals surface area contributed by atoms with E-state index in [1.54, 1.807) is 24.5 Å². The highest BCUT2D eigenvalue weighted by molar-refractivity contribution is 7.86. The summed E-state index contributed by atoms with van der Waals surface area (Å²) in [5.74, 6) is -2.29. The molecule has 4 aromatic rings. The fourth-order valence-electron chi connectivity index (χ4n) is 3.80. The van der Waals surface area contributed by atoms with Crippen LogP contribution in [0.5, 0.6) is 17.5 Å². The standard InChI is InChI=1S/C24H21ClN2O10S/c25-17-13-15-12-16(24(32)36-22(15)23(21(17)31)38(33,34)35)14-7-10-26(11-8-14)9-3-1-2-4-20(30)37-27-18(28)5-6-19(27)29/h5-8,10-13H,1-4,9H2,(H3,28,29,33,34,35)/p+1. The minimum atomic E-state index is -4.93. The minimum absolute atomic E-state index is 0.0903. The number of benzene rings is 1. The molecule has 0 atom stereocenters. The van der Waals surface area contributed by atoms with Gasteiger partial charge in [-0.05, 0) is 25.0 Å². The number of pyridine rings is 1. The van der Waals surface area contributed by atoms with E-state index in [0.717, 1.165) is 6.42 Å². The number of hydrogen-bond acceptors (Lipinski definition) is 9. The number of aromatic hydroxyl groups is 3. The Labute approximate surface area is 220 Å². The van der Waals surface area contributed by atoms with Crippen LogP contribution in [0.15, 0.2) is 62.9 Å². The second kappa shape index (κ2) is 10.7. The summed E-state index contributed by atoms with van der Waals surface area (Å²) in [6.07, 6.45) is 5.53. The number of aryl methyl sites for hydroxylation is 1. The van der Waals surface area contributed by atoms with Crippen LogP contribution in [0.3, 0.4) is 0 Å². The monoisotopic (exact) mass is 565 g/mol. The molecule has 0 aliphatic heterocycles. The van der Waals surface area contributed by atoms with Crippen LogP contribution in [0.1, 0.15) is 25.7 Å². The third-order valence-corrected chi connectivity index (χ3v) is 6.84. The van der Waals surface area contributed by atoms with Crippen molar-refractivity contribution >= 4 is 38.7 Å². The van der Waals surface area contributed by atoms with Gasteiger partial charge in [-0.1, -0.05) is 11.6 Å². The van der Waals surface area contributed by atoms with Crippen LogP contribution in [0.4, 0.5) is 0 Å². The summed E-state index contributed by atoms with van der Waals surface area (Å²) in [4.78, 5) is 28.4. The molecule has 0 aliphatic rings. The van der Waals surface area contributed by atoms with Crippen molar-refractivity contribution in [3.8, 4) is 28.6 Å². The molecule has 4 rings (SSSR count). The van der Waals surface area contributed by atoms with Crippen molar-refractivity contribution in [2.24, 2.45) is 0 Å². The fraction of sp³-hybridized carbons (Fsp3) is 0.208. The molecule has 0 amide bonds. The molecule has 3 aromatic heterocycles. The van der Waals surface area contributed by atoms with Gasteiger partial charge in [-0.15, -0.1) is 4.73 Å². The number of fused-ring (bicyclic) bond motifs is 1. The maximum absolute atomic E-state index is 12.6. The molecule has 0 saturated heterocycles. The number of phenols is 1. The van der Waals surface area contributed by atoms with Crippen LogP contribution in [0.2, 0.25) is 5.02 Å². The molecule has 0 unspecified atom stereocenters. The van der Waals surface area contributed by atoms with E-state index in [-0.39, 0.29) is 34.2 Å². The highest BCUT2D eigenvalue weighted by Crippen LogP contribution is 2.38. The Bertz CT molecular complexity index is 1660. The minimum Gasteiger partial charge on any atom is -0.505 e. The smallest absolute Gasteiger partial charge is 0.344 e. The van der Waals surface area contributed by atoms with Gasteiger partial charge in [0.25, 0.3) is 0 Å². The Balaban J connectivity index is 1.38. The van der Waals surface area contributed by atoms with E-state index in [9.17, 15) is 37.9 Å². The van der Waals surface area contributed by atoms with Crippen molar-refractivity contribution in [1.29, 1.82) is 0 Å². The first-order valence-electron chi connectivity index (χ1n) is 11.2. The molecule has 14 heteroatoms. The number of rotatable bonds is 9. The van der Waals surface area contributed by atoms with Gasteiger partial charge >= 0.3 is 21.7 Å². The average Bonchev–Trinajstić information content (AvgIpc) is 3.16. The number of halogens is 1. The van der Waals surface area contributed by atoms with Crippen LogP contribution in [-0.2, 0) is 21.5 Å². The quantitative estimate of drug-likeness (QED) is 0.102. The second-order valence-corrected chi connectivity index (χ2v) is 10.1. The van der Waals surface area contributed by atoms with E-state index in [2.05, 4.69) is 0 Å². The topological polar surface area (TPSA) is 180 Å². The lowest BCUT2D eigenvalue weighted by atomic mass is 10.1. The molecule has 0 radical (unpaired) electrons. The van der Waals surface area contributed by atoms with Gasteiger partial charge in [0.05, 0.1) is 10.6 Å². The molecular weight excluding hydrogens is 544 g/mol. The second-order valence-electron chi connectivity index (χ2n) is 8.32. The summed E-state index contributed by atoms with van der Waals surface area (Å²) >= 11 is 5.89. The number of carbonyl (C=O) groups is 1. The predicted octanol–water partition coefficient (Wildman–Crippen LogP) is 2.78. The van der Waals surface area contributed by atoms with Crippen LogP contribution in [0, 0.1) is 0 Å². The van der Waals surface area contributed by atoms with Gasteiger partial charge in [-0.25, -0.2) is 14.2 Å².